The van der Waals surface area contributed by atoms with Crippen molar-refractivity contribution in [2.24, 2.45) is 0 Å². The molecule has 28 heavy (non-hydrogen) atoms. The number of benzene rings is 2. The first-order valence-electron chi connectivity index (χ1n) is 8.41. The first-order chi connectivity index (χ1) is 13.4. The molecular weight excluding hydrogens is 403 g/mol. The summed E-state index contributed by atoms with van der Waals surface area (Å²) >= 11 is 12.5. The highest BCUT2D eigenvalue weighted by atomic mass is 35.5. The van der Waals surface area contributed by atoms with Crippen molar-refractivity contribution in [2.75, 3.05) is 11.9 Å². The Hall–Kier alpha value is -2.83. The van der Waals surface area contributed by atoms with E-state index in [2.05, 4.69) is 10.5 Å². The largest absolute Gasteiger partial charge is 0.462 e. The van der Waals surface area contributed by atoms with Crippen LogP contribution in [0.2, 0.25) is 10.0 Å². The van der Waals surface area contributed by atoms with Crippen molar-refractivity contribution in [1.82, 2.24) is 5.16 Å². The molecule has 1 amide bonds. The fourth-order valence-electron chi connectivity index (χ4n) is 2.63. The number of anilines is 1. The van der Waals surface area contributed by atoms with E-state index in [-0.39, 0.29) is 17.9 Å². The number of ether oxygens (including phenoxy) is 1. The van der Waals surface area contributed by atoms with Crippen molar-refractivity contribution >= 4 is 40.8 Å². The van der Waals surface area contributed by atoms with Crippen molar-refractivity contribution in [2.45, 2.75) is 13.8 Å². The van der Waals surface area contributed by atoms with Gasteiger partial charge in [-0.15, -0.1) is 0 Å². The average molecular weight is 419 g/mol. The quantitative estimate of drug-likeness (QED) is 0.561. The second kappa shape index (κ2) is 8.46. The lowest BCUT2D eigenvalue weighted by Crippen LogP contribution is -2.14. The molecule has 0 aliphatic carbocycles. The topological polar surface area (TPSA) is 81.4 Å². The molecule has 0 aliphatic rings. The summed E-state index contributed by atoms with van der Waals surface area (Å²) in [5.74, 6) is -0.536. The summed E-state index contributed by atoms with van der Waals surface area (Å²) in [6.45, 7) is 3.65. The second-order valence-corrected chi connectivity index (χ2v) is 6.63. The number of halogens is 2. The number of amides is 1. The molecule has 1 N–H and O–H groups in total. The minimum absolute atomic E-state index is 0.226. The minimum atomic E-state index is -0.436. The molecule has 0 spiro atoms. The van der Waals surface area contributed by atoms with E-state index in [0.717, 1.165) is 0 Å². The van der Waals surface area contributed by atoms with Gasteiger partial charge in [-0.25, -0.2) is 4.79 Å². The summed E-state index contributed by atoms with van der Waals surface area (Å²) in [4.78, 5) is 24.6. The van der Waals surface area contributed by atoms with Crippen LogP contribution in [-0.4, -0.2) is 23.6 Å². The van der Waals surface area contributed by atoms with Gasteiger partial charge in [0.2, 0.25) is 0 Å². The Morgan fingerprint density at radius 3 is 2.36 bits per heavy atom. The number of esters is 1. The Kier molecular flexibility index (Phi) is 6.02. The van der Waals surface area contributed by atoms with Crippen LogP contribution >= 0.6 is 23.2 Å². The molecule has 0 bridgehead atoms. The Bertz CT molecular complexity index is 1010. The normalized spacial score (nSPS) is 10.6. The summed E-state index contributed by atoms with van der Waals surface area (Å²) in [6.07, 6.45) is 0. The number of hydrogen-bond donors (Lipinski definition) is 1. The molecule has 0 fully saturated rings. The summed E-state index contributed by atoms with van der Waals surface area (Å²) in [7, 11) is 0. The highest BCUT2D eigenvalue weighted by Crippen LogP contribution is 2.36. The Morgan fingerprint density at radius 1 is 1.11 bits per heavy atom. The number of aromatic nitrogens is 1. The van der Waals surface area contributed by atoms with Crippen molar-refractivity contribution in [3.8, 4) is 11.3 Å². The highest BCUT2D eigenvalue weighted by molar-refractivity contribution is 6.39. The summed E-state index contributed by atoms with van der Waals surface area (Å²) in [5.41, 5.74) is 1.79. The van der Waals surface area contributed by atoms with Crippen LogP contribution in [0.1, 0.15) is 33.4 Å². The smallest absolute Gasteiger partial charge is 0.338 e. The summed E-state index contributed by atoms with van der Waals surface area (Å²) in [5, 5.41) is 7.43. The molecule has 0 saturated heterocycles. The fraction of sp³-hybridized carbons (Fsp3) is 0.150. The van der Waals surface area contributed by atoms with E-state index < -0.39 is 11.9 Å². The van der Waals surface area contributed by atoms with Crippen LogP contribution in [0, 0.1) is 6.92 Å². The van der Waals surface area contributed by atoms with Gasteiger partial charge in [0.25, 0.3) is 5.91 Å². The Morgan fingerprint density at radius 2 is 1.75 bits per heavy atom. The molecule has 0 aliphatic heterocycles. The first-order valence-corrected chi connectivity index (χ1v) is 9.17. The maximum absolute atomic E-state index is 12.8. The van der Waals surface area contributed by atoms with Gasteiger partial charge in [-0.1, -0.05) is 34.4 Å². The van der Waals surface area contributed by atoms with E-state index in [1.807, 2.05) is 0 Å². The SMILES string of the molecule is CCOC(=O)c1ccc(NC(=O)c2c(-c3c(Cl)cccc3Cl)noc2C)cc1. The molecule has 3 aromatic rings. The molecule has 1 aromatic heterocycles. The van der Waals surface area contributed by atoms with Crippen molar-refractivity contribution < 1.29 is 18.8 Å². The zero-order valence-corrected chi connectivity index (χ0v) is 16.6. The third kappa shape index (κ3) is 4.03. The third-order valence-corrected chi connectivity index (χ3v) is 4.57. The number of nitrogens with zero attached hydrogens (tertiary/aromatic N) is 1. The zero-order valence-electron chi connectivity index (χ0n) is 15.1. The van der Waals surface area contributed by atoms with E-state index >= 15 is 0 Å². The molecule has 0 saturated carbocycles. The maximum Gasteiger partial charge on any atom is 0.338 e. The zero-order chi connectivity index (χ0) is 20.3. The van der Waals surface area contributed by atoms with Gasteiger partial charge < -0.3 is 14.6 Å². The second-order valence-electron chi connectivity index (χ2n) is 5.81. The van der Waals surface area contributed by atoms with Crippen LogP contribution in [0.3, 0.4) is 0 Å². The lowest BCUT2D eigenvalue weighted by Gasteiger charge is -2.08. The number of nitrogens with one attached hydrogen (secondary N) is 1. The molecule has 1 heterocycles. The Balaban J connectivity index is 1.88. The molecule has 8 heteroatoms. The molecule has 0 unspecified atom stereocenters. The van der Waals surface area contributed by atoms with Crippen molar-refractivity contribution in [3.63, 3.8) is 0 Å². The average Bonchev–Trinajstić information content (AvgIpc) is 3.03. The van der Waals surface area contributed by atoms with E-state index in [1.165, 1.54) is 0 Å². The van der Waals surface area contributed by atoms with Crippen LogP contribution in [0.15, 0.2) is 47.0 Å². The molecule has 6 nitrogen and oxygen atoms in total. The molecule has 144 valence electrons. The number of aryl methyl sites for hydroxylation is 1. The Labute approximate surface area is 171 Å². The van der Waals surface area contributed by atoms with Crippen LogP contribution < -0.4 is 5.32 Å². The van der Waals surface area contributed by atoms with Gasteiger partial charge in [0.05, 0.1) is 22.2 Å². The van der Waals surface area contributed by atoms with Crippen molar-refractivity contribution in [1.29, 1.82) is 0 Å². The van der Waals surface area contributed by atoms with Gasteiger partial charge in [-0.3, -0.25) is 4.79 Å². The van der Waals surface area contributed by atoms with Gasteiger partial charge in [-0.05, 0) is 50.2 Å². The third-order valence-electron chi connectivity index (χ3n) is 3.94. The molecule has 3 rings (SSSR count). The lowest BCUT2D eigenvalue weighted by molar-refractivity contribution is 0.0526. The molecular formula is C20H16Cl2N2O4. The predicted octanol–water partition coefficient (Wildman–Crippen LogP) is 5.39. The van der Waals surface area contributed by atoms with E-state index in [1.54, 1.807) is 56.3 Å². The lowest BCUT2D eigenvalue weighted by atomic mass is 10.1. The monoisotopic (exact) mass is 418 g/mol. The van der Waals surface area contributed by atoms with Gasteiger partial charge >= 0.3 is 5.97 Å². The summed E-state index contributed by atoms with van der Waals surface area (Å²) < 4.78 is 10.1. The molecule has 2 aromatic carbocycles. The molecule has 0 atom stereocenters. The first kappa shape index (κ1) is 19.9. The van der Waals surface area contributed by atoms with Crippen molar-refractivity contribution in [3.05, 3.63) is 69.4 Å². The highest BCUT2D eigenvalue weighted by Gasteiger charge is 2.25. The van der Waals surface area contributed by atoms with Crippen LogP contribution in [-0.2, 0) is 4.74 Å². The number of rotatable bonds is 5. The predicted molar refractivity (Wildman–Crippen MR) is 107 cm³/mol. The number of carbonyl (C=O) groups excluding carboxylic acids is 2. The number of hydrogen-bond acceptors (Lipinski definition) is 5. The minimum Gasteiger partial charge on any atom is -0.462 e. The standard InChI is InChI=1S/C20H16Cl2N2O4/c1-3-27-20(26)12-7-9-13(10-8-12)23-19(25)16-11(2)28-24-18(16)17-14(21)5-4-6-15(17)22/h4-10H,3H2,1-2H3,(H,23,25). The number of carbonyl (C=O) groups is 2. The van der Waals surface area contributed by atoms with Crippen LogP contribution in [0.25, 0.3) is 11.3 Å². The fourth-order valence-corrected chi connectivity index (χ4v) is 3.21. The van der Waals surface area contributed by atoms with Crippen LogP contribution in [0.4, 0.5) is 5.69 Å². The van der Waals surface area contributed by atoms with Gasteiger partial charge in [0.1, 0.15) is 17.0 Å². The van der Waals surface area contributed by atoms with E-state index in [4.69, 9.17) is 32.5 Å². The molecule has 0 radical (unpaired) electrons. The van der Waals surface area contributed by atoms with E-state index in [9.17, 15) is 9.59 Å². The maximum atomic E-state index is 12.8. The van der Waals surface area contributed by atoms with Gasteiger partial charge in [-0.2, -0.15) is 0 Å². The summed E-state index contributed by atoms with van der Waals surface area (Å²) in [6, 6.07) is 11.4. The van der Waals surface area contributed by atoms with E-state index in [0.29, 0.717) is 32.6 Å². The van der Waals surface area contributed by atoms with Crippen LogP contribution in [0.5, 0.6) is 0 Å². The van der Waals surface area contributed by atoms with Gasteiger partial charge in [0, 0.05) is 11.3 Å². The van der Waals surface area contributed by atoms with Gasteiger partial charge in [0.15, 0.2) is 0 Å².